The number of nitro benzene ring substituents is 1. The molecule has 3 rings (SSSR count). The highest BCUT2D eigenvalue weighted by Gasteiger charge is 2.42. The Morgan fingerprint density at radius 3 is 2.74 bits per heavy atom. The predicted octanol–water partition coefficient (Wildman–Crippen LogP) is 3.92. The molecular formula is C15H14F3N3O2. The topological polar surface area (TPSA) is 59.3 Å². The first kappa shape index (κ1) is 15.5. The lowest BCUT2D eigenvalue weighted by atomic mass is 9.96. The number of nitrogens with zero attached hydrogens (tertiary/aromatic N) is 3. The molecule has 0 saturated carbocycles. The van der Waals surface area contributed by atoms with Gasteiger partial charge in [0.2, 0.25) is 0 Å². The van der Waals surface area contributed by atoms with Gasteiger partial charge in [0.15, 0.2) is 0 Å². The van der Waals surface area contributed by atoms with Gasteiger partial charge in [-0.1, -0.05) is 0 Å². The standard InChI is InChI=1S/C15H14F3N3O2/c16-15(17,18)10-2-1-7-20(9-10)13-3-4-14(21(22)23)12-8-19-6-5-11(12)13/h3-6,8,10H,1-2,7,9H2/t10-/m1/s1. The van der Waals surface area contributed by atoms with Gasteiger partial charge in [-0.15, -0.1) is 0 Å². The van der Waals surface area contributed by atoms with E-state index in [0.29, 0.717) is 29.4 Å². The van der Waals surface area contributed by atoms with Gasteiger partial charge < -0.3 is 4.90 Å². The van der Waals surface area contributed by atoms with Crippen molar-refractivity contribution >= 4 is 22.1 Å². The summed E-state index contributed by atoms with van der Waals surface area (Å²) in [4.78, 5) is 16.1. The maximum atomic E-state index is 13.0. The smallest absolute Gasteiger partial charge is 0.370 e. The van der Waals surface area contributed by atoms with Gasteiger partial charge in [-0.05, 0) is 25.0 Å². The van der Waals surface area contributed by atoms with E-state index in [1.165, 1.54) is 24.5 Å². The Bertz CT molecular complexity index is 748. The highest BCUT2D eigenvalue weighted by Crippen LogP contribution is 2.38. The molecule has 5 nitrogen and oxygen atoms in total. The number of alkyl halides is 3. The molecule has 1 saturated heterocycles. The molecule has 0 spiro atoms. The molecule has 1 atom stereocenters. The van der Waals surface area contributed by atoms with Gasteiger partial charge in [-0.25, -0.2) is 0 Å². The number of aromatic nitrogens is 1. The Labute approximate surface area is 129 Å². The molecule has 122 valence electrons. The number of pyridine rings is 1. The van der Waals surface area contributed by atoms with Crippen molar-refractivity contribution in [3.63, 3.8) is 0 Å². The van der Waals surface area contributed by atoms with Gasteiger partial charge in [-0.2, -0.15) is 13.2 Å². The lowest BCUT2D eigenvalue weighted by Crippen LogP contribution is -2.41. The van der Waals surface area contributed by atoms with E-state index in [2.05, 4.69) is 4.98 Å². The Kier molecular flexibility index (Phi) is 3.83. The number of fused-ring (bicyclic) bond motifs is 1. The minimum absolute atomic E-state index is 0.0961. The molecular weight excluding hydrogens is 311 g/mol. The van der Waals surface area contributed by atoms with Crippen molar-refractivity contribution in [2.45, 2.75) is 19.0 Å². The van der Waals surface area contributed by atoms with Crippen molar-refractivity contribution in [2.75, 3.05) is 18.0 Å². The second-order valence-corrected chi connectivity index (χ2v) is 5.61. The van der Waals surface area contributed by atoms with Crippen LogP contribution in [-0.2, 0) is 0 Å². The van der Waals surface area contributed by atoms with E-state index < -0.39 is 17.0 Å². The molecule has 2 aromatic rings. The van der Waals surface area contributed by atoms with Crippen LogP contribution in [-0.4, -0.2) is 29.2 Å². The quantitative estimate of drug-likeness (QED) is 0.620. The van der Waals surface area contributed by atoms with Crippen LogP contribution < -0.4 is 4.90 Å². The summed E-state index contributed by atoms with van der Waals surface area (Å²) in [5.74, 6) is -1.37. The molecule has 0 amide bonds. The number of nitro groups is 1. The summed E-state index contributed by atoms with van der Waals surface area (Å²) in [6.07, 6.45) is -0.806. The summed E-state index contributed by atoms with van der Waals surface area (Å²) in [5.41, 5.74) is 0.489. The van der Waals surface area contributed by atoms with Crippen molar-refractivity contribution in [1.82, 2.24) is 4.98 Å². The van der Waals surface area contributed by atoms with Crippen LogP contribution in [0.2, 0.25) is 0 Å². The Morgan fingerprint density at radius 1 is 1.26 bits per heavy atom. The molecule has 1 aromatic heterocycles. The first-order valence-corrected chi connectivity index (χ1v) is 7.20. The molecule has 1 aliphatic rings. The molecule has 0 bridgehead atoms. The highest BCUT2D eigenvalue weighted by molar-refractivity contribution is 5.99. The van der Waals surface area contributed by atoms with Crippen LogP contribution in [0.15, 0.2) is 30.6 Å². The zero-order valence-corrected chi connectivity index (χ0v) is 12.1. The van der Waals surface area contributed by atoms with Crippen LogP contribution in [0.1, 0.15) is 12.8 Å². The lowest BCUT2D eigenvalue weighted by molar-refractivity contribution is -0.383. The first-order chi connectivity index (χ1) is 10.9. The first-order valence-electron chi connectivity index (χ1n) is 7.20. The van der Waals surface area contributed by atoms with E-state index in [1.807, 2.05) is 0 Å². The molecule has 2 heterocycles. The second-order valence-electron chi connectivity index (χ2n) is 5.61. The Morgan fingerprint density at radius 2 is 2.04 bits per heavy atom. The van der Waals surface area contributed by atoms with E-state index in [9.17, 15) is 23.3 Å². The Balaban J connectivity index is 2.03. The van der Waals surface area contributed by atoms with Crippen LogP contribution in [0.5, 0.6) is 0 Å². The van der Waals surface area contributed by atoms with Crippen molar-refractivity contribution in [1.29, 1.82) is 0 Å². The van der Waals surface area contributed by atoms with Gasteiger partial charge >= 0.3 is 6.18 Å². The fourth-order valence-electron chi connectivity index (χ4n) is 3.06. The van der Waals surface area contributed by atoms with Gasteiger partial charge in [-0.3, -0.25) is 15.1 Å². The molecule has 1 aliphatic heterocycles. The maximum Gasteiger partial charge on any atom is 0.393 e. The van der Waals surface area contributed by atoms with Gasteiger partial charge in [0, 0.05) is 42.6 Å². The number of benzene rings is 1. The van der Waals surface area contributed by atoms with Crippen LogP contribution >= 0.6 is 0 Å². The zero-order valence-electron chi connectivity index (χ0n) is 12.1. The van der Waals surface area contributed by atoms with Crippen LogP contribution in [0.25, 0.3) is 10.8 Å². The number of halogens is 3. The average Bonchev–Trinajstić information content (AvgIpc) is 2.53. The number of rotatable bonds is 2. The van der Waals surface area contributed by atoms with Crippen LogP contribution in [0.4, 0.5) is 24.5 Å². The number of anilines is 1. The summed E-state index contributed by atoms with van der Waals surface area (Å²) < 4.78 is 39.0. The molecule has 0 radical (unpaired) electrons. The third-order valence-corrected chi connectivity index (χ3v) is 4.19. The second kappa shape index (κ2) is 5.68. The molecule has 0 N–H and O–H groups in total. The monoisotopic (exact) mass is 325 g/mol. The van der Waals surface area contributed by atoms with E-state index in [-0.39, 0.29) is 18.7 Å². The highest BCUT2D eigenvalue weighted by atomic mass is 19.4. The largest absolute Gasteiger partial charge is 0.393 e. The Hall–Kier alpha value is -2.38. The zero-order chi connectivity index (χ0) is 16.6. The van der Waals surface area contributed by atoms with E-state index in [4.69, 9.17) is 0 Å². The molecule has 0 unspecified atom stereocenters. The molecule has 1 fully saturated rings. The third kappa shape index (κ3) is 2.93. The molecule has 1 aromatic carbocycles. The number of hydrogen-bond acceptors (Lipinski definition) is 4. The number of hydrogen-bond donors (Lipinski definition) is 0. The summed E-state index contributed by atoms with van der Waals surface area (Å²) in [6, 6.07) is 4.46. The van der Waals surface area contributed by atoms with Crippen molar-refractivity contribution < 1.29 is 18.1 Å². The molecule has 23 heavy (non-hydrogen) atoms. The normalized spacial score (nSPS) is 19.1. The van der Waals surface area contributed by atoms with Gasteiger partial charge in [0.05, 0.1) is 16.2 Å². The molecule has 0 aliphatic carbocycles. The van der Waals surface area contributed by atoms with E-state index in [1.54, 1.807) is 11.0 Å². The van der Waals surface area contributed by atoms with E-state index >= 15 is 0 Å². The number of non-ortho nitro benzene ring substituents is 1. The lowest BCUT2D eigenvalue weighted by Gasteiger charge is -2.35. The summed E-state index contributed by atoms with van der Waals surface area (Å²) in [6.45, 7) is 0.376. The SMILES string of the molecule is O=[N+]([O-])c1ccc(N2CCC[C@@H](C(F)(F)F)C2)c2ccncc12. The van der Waals surface area contributed by atoms with Crippen molar-refractivity contribution in [3.05, 3.63) is 40.7 Å². The van der Waals surface area contributed by atoms with Crippen molar-refractivity contribution in [2.24, 2.45) is 5.92 Å². The minimum atomic E-state index is -4.23. The fourth-order valence-corrected chi connectivity index (χ4v) is 3.06. The minimum Gasteiger partial charge on any atom is -0.370 e. The van der Waals surface area contributed by atoms with E-state index in [0.717, 1.165) is 0 Å². The number of piperidine rings is 1. The maximum absolute atomic E-state index is 13.0. The predicted molar refractivity (Wildman–Crippen MR) is 79.4 cm³/mol. The third-order valence-electron chi connectivity index (χ3n) is 4.19. The van der Waals surface area contributed by atoms with Crippen LogP contribution in [0, 0.1) is 16.0 Å². The fraction of sp³-hybridized carbons (Fsp3) is 0.400. The van der Waals surface area contributed by atoms with Crippen molar-refractivity contribution in [3.8, 4) is 0 Å². The van der Waals surface area contributed by atoms with Gasteiger partial charge in [0.1, 0.15) is 0 Å². The molecule has 8 heteroatoms. The summed E-state index contributed by atoms with van der Waals surface area (Å²) in [5, 5.41) is 12.0. The van der Waals surface area contributed by atoms with Crippen LogP contribution in [0.3, 0.4) is 0 Å². The van der Waals surface area contributed by atoms with Gasteiger partial charge in [0.25, 0.3) is 5.69 Å². The average molecular weight is 325 g/mol. The summed E-state index contributed by atoms with van der Waals surface area (Å²) in [7, 11) is 0. The summed E-state index contributed by atoms with van der Waals surface area (Å²) >= 11 is 0.